The summed E-state index contributed by atoms with van der Waals surface area (Å²) in [7, 11) is 2.94. The molecule has 2 aromatic rings. The highest BCUT2D eigenvalue weighted by atomic mass is 19.4. The van der Waals surface area contributed by atoms with E-state index in [1.54, 1.807) is 24.3 Å². The van der Waals surface area contributed by atoms with Crippen LogP contribution in [0.4, 0.5) is 18.9 Å². The molecule has 0 radical (unpaired) electrons. The monoisotopic (exact) mass is 450 g/mol. The van der Waals surface area contributed by atoms with E-state index in [9.17, 15) is 22.8 Å². The van der Waals surface area contributed by atoms with Gasteiger partial charge in [0.25, 0.3) is 11.8 Å². The van der Waals surface area contributed by atoms with Crippen LogP contribution in [0.2, 0.25) is 0 Å². The number of methoxy groups -OCH3 is 2. The topological polar surface area (TPSA) is 77.1 Å². The first-order valence-electron chi connectivity index (χ1n) is 9.60. The Bertz CT molecular complexity index is 1040. The van der Waals surface area contributed by atoms with Gasteiger partial charge in [0.2, 0.25) is 0 Å². The lowest BCUT2D eigenvalue weighted by Gasteiger charge is -2.15. The fourth-order valence-electron chi connectivity index (χ4n) is 3.28. The molecule has 1 heterocycles. The summed E-state index contributed by atoms with van der Waals surface area (Å²) < 4.78 is 52.0. The van der Waals surface area contributed by atoms with Gasteiger partial charge in [-0.25, -0.2) is 0 Å². The van der Waals surface area contributed by atoms with Crippen LogP contribution < -0.4 is 14.8 Å². The molecule has 1 aliphatic rings. The number of nitrogens with zero attached hydrogens (tertiary/aromatic N) is 1. The van der Waals surface area contributed by atoms with Gasteiger partial charge in [0.1, 0.15) is 17.2 Å². The van der Waals surface area contributed by atoms with Crippen molar-refractivity contribution in [3.8, 4) is 11.5 Å². The van der Waals surface area contributed by atoms with Crippen LogP contribution in [0.3, 0.4) is 0 Å². The molecule has 1 aliphatic heterocycles. The Morgan fingerprint density at radius 3 is 2.44 bits per heavy atom. The second-order valence-electron chi connectivity index (χ2n) is 6.76. The summed E-state index contributed by atoms with van der Waals surface area (Å²) in [6.45, 7) is 0.465. The number of halogens is 3. The standard InChI is InChI=1S/C22H21F3N2O5/c1-30-12-6-11-27-20(28)18(16-9-3-4-10-17(16)31-2)19(21(27)29)26-14-7-5-8-15(13-14)32-22(23,24)25/h3-5,7-10,13,26H,6,11-12H2,1-2H3. The molecule has 32 heavy (non-hydrogen) atoms. The molecular formula is C22H21F3N2O5. The second kappa shape index (κ2) is 9.73. The lowest BCUT2D eigenvalue weighted by molar-refractivity contribution is -0.274. The number of carbonyl (C=O) groups excluding carboxylic acids is 2. The number of carbonyl (C=O) groups is 2. The number of hydrogen-bond acceptors (Lipinski definition) is 6. The summed E-state index contributed by atoms with van der Waals surface area (Å²) in [6, 6.07) is 11.7. The smallest absolute Gasteiger partial charge is 0.496 e. The summed E-state index contributed by atoms with van der Waals surface area (Å²) in [5.74, 6) is -1.23. The van der Waals surface area contributed by atoms with Crippen molar-refractivity contribution in [3.63, 3.8) is 0 Å². The van der Waals surface area contributed by atoms with E-state index in [-0.39, 0.29) is 23.5 Å². The average Bonchev–Trinajstić information content (AvgIpc) is 2.97. The summed E-state index contributed by atoms with van der Waals surface area (Å²) >= 11 is 0. The Kier molecular flexibility index (Phi) is 7.04. The number of nitrogens with one attached hydrogen (secondary N) is 1. The molecule has 10 heteroatoms. The van der Waals surface area contributed by atoms with Crippen LogP contribution >= 0.6 is 0 Å². The normalized spacial score (nSPS) is 14.2. The number of hydrogen-bond donors (Lipinski definition) is 1. The van der Waals surface area contributed by atoms with Gasteiger partial charge < -0.3 is 19.5 Å². The number of alkyl halides is 3. The van der Waals surface area contributed by atoms with Crippen molar-refractivity contribution in [1.29, 1.82) is 0 Å². The Morgan fingerprint density at radius 2 is 1.75 bits per heavy atom. The van der Waals surface area contributed by atoms with Crippen LogP contribution in [0.25, 0.3) is 5.57 Å². The zero-order valence-electron chi connectivity index (χ0n) is 17.4. The van der Waals surface area contributed by atoms with E-state index in [0.29, 0.717) is 24.3 Å². The summed E-state index contributed by atoms with van der Waals surface area (Å²) in [6.07, 6.45) is -4.44. The maximum absolute atomic E-state index is 13.2. The Balaban J connectivity index is 2.01. The van der Waals surface area contributed by atoms with E-state index < -0.39 is 23.9 Å². The first-order chi connectivity index (χ1) is 15.2. The van der Waals surface area contributed by atoms with Gasteiger partial charge in [-0.05, 0) is 24.6 Å². The molecule has 2 amide bonds. The molecular weight excluding hydrogens is 429 g/mol. The van der Waals surface area contributed by atoms with E-state index in [4.69, 9.17) is 9.47 Å². The van der Waals surface area contributed by atoms with Crippen LogP contribution in [-0.4, -0.2) is 50.4 Å². The number of anilines is 1. The van der Waals surface area contributed by atoms with Gasteiger partial charge in [-0.1, -0.05) is 24.3 Å². The molecule has 0 aromatic heterocycles. The molecule has 0 atom stereocenters. The highest BCUT2D eigenvalue weighted by molar-refractivity contribution is 6.37. The van der Waals surface area contributed by atoms with Crippen molar-refractivity contribution >= 4 is 23.1 Å². The van der Waals surface area contributed by atoms with Crippen molar-refractivity contribution in [3.05, 3.63) is 59.8 Å². The summed E-state index contributed by atoms with van der Waals surface area (Å²) in [5.41, 5.74) is 0.523. The molecule has 7 nitrogen and oxygen atoms in total. The van der Waals surface area contributed by atoms with Crippen molar-refractivity contribution in [1.82, 2.24) is 4.90 Å². The number of rotatable bonds is 9. The average molecular weight is 450 g/mol. The van der Waals surface area contributed by atoms with Gasteiger partial charge in [-0.15, -0.1) is 13.2 Å². The van der Waals surface area contributed by atoms with Gasteiger partial charge in [-0.2, -0.15) is 0 Å². The quantitative estimate of drug-likeness (QED) is 0.462. The molecule has 0 unspecified atom stereocenters. The van der Waals surface area contributed by atoms with E-state index in [1.165, 1.54) is 26.4 Å². The molecule has 0 aliphatic carbocycles. The van der Waals surface area contributed by atoms with E-state index in [2.05, 4.69) is 10.1 Å². The predicted octanol–water partition coefficient (Wildman–Crippen LogP) is 3.82. The Labute approximate surface area is 182 Å². The molecule has 170 valence electrons. The van der Waals surface area contributed by atoms with Gasteiger partial charge >= 0.3 is 6.36 Å². The second-order valence-corrected chi connectivity index (χ2v) is 6.76. The fourth-order valence-corrected chi connectivity index (χ4v) is 3.28. The lowest BCUT2D eigenvalue weighted by Crippen LogP contribution is -2.33. The minimum atomic E-state index is -4.86. The minimum absolute atomic E-state index is 0.0620. The first-order valence-corrected chi connectivity index (χ1v) is 9.60. The highest BCUT2D eigenvalue weighted by Gasteiger charge is 2.40. The van der Waals surface area contributed by atoms with Crippen LogP contribution in [0.5, 0.6) is 11.5 Å². The van der Waals surface area contributed by atoms with Crippen molar-refractivity contribution in [2.24, 2.45) is 0 Å². The van der Waals surface area contributed by atoms with Crippen LogP contribution in [0, 0.1) is 0 Å². The van der Waals surface area contributed by atoms with E-state index in [1.807, 2.05) is 0 Å². The fraction of sp³-hybridized carbons (Fsp3) is 0.273. The maximum atomic E-state index is 13.2. The number of ether oxygens (including phenoxy) is 3. The third-order valence-electron chi connectivity index (χ3n) is 4.61. The maximum Gasteiger partial charge on any atom is 0.573 e. The molecule has 1 N–H and O–H groups in total. The number of para-hydroxylation sites is 1. The van der Waals surface area contributed by atoms with Gasteiger partial charge in [0.15, 0.2) is 0 Å². The number of amides is 2. The molecule has 0 spiro atoms. The van der Waals surface area contributed by atoms with E-state index in [0.717, 1.165) is 17.0 Å². The van der Waals surface area contributed by atoms with Crippen molar-refractivity contribution in [2.45, 2.75) is 12.8 Å². The SMILES string of the molecule is COCCCN1C(=O)C(Nc2cccc(OC(F)(F)F)c2)=C(c2ccccc2OC)C1=O. The zero-order chi connectivity index (χ0) is 23.3. The van der Waals surface area contributed by atoms with Crippen LogP contribution in [0.15, 0.2) is 54.2 Å². The molecule has 0 fully saturated rings. The lowest BCUT2D eigenvalue weighted by atomic mass is 10.0. The largest absolute Gasteiger partial charge is 0.573 e. The van der Waals surface area contributed by atoms with Gasteiger partial charge in [-0.3, -0.25) is 14.5 Å². The Morgan fingerprint density at radius 1 is 1.00 bits per heavy atom. The van der Waals surface area contributed by atoms with E-state index >= 15 is 0 Å². The van der Waals surface area contributed by atoms with Crippen LogP contribution in [-0.2, 0) is 14.3 Å². The molecule has 0 bridgehead atoms. The molecule has 2 aromatic carbocycles. The first kappa shape index (κ1) is 23.1. The molecule has 3 rings (SSSR count). The number of imide groups is 1. The summed E-state index contributed by atoms with van der Waals surface area (Å²) in [4.78, 5) is 27.3. The van der Waals surface area contributed by atoms with Crippen molar-refractivity contribution in [2.75, 3.05) is 32.7 Å². The van der Waals surface area contributed by atoms with Crippen LogP contribution in [0.1, 0.15) is 12.0 Å². The highest BCUT2D eigenvalue weighted by Crippen LogP contribution is 2.36. The molecule has 0 saturated carbocycles. The number of benzene rings is 2. The Hall–Kier alpha value is -3.53. The van der Waals surface area contributed by atoms with Crippen molar-refractivity contribution < 1.29 is 37.0 Å². The molecule has 0 saturated heterocycles. The minimum Gasteiger partial charge on any atom is -0.496 e. The predicted molar refractivity (Wildman–Crippen MR) is 110 cm³/mol. The van der Waals surface area contributed by atoms with Gasteiger partial charge in [0, 0.05) is 37.6 Å². The summed E-state index contributed by atoms with van der Waals surface area (Å²) in [5, 5.41) is 2.80. The van der Waals surface area contributed by atoms with Gasteiger partial charge in [0.05, 0.1) is 12.7 Å². The zero-order valence-corrected chi connectivity index (χ0v) is 17.4. The third kappa shape index (κ3) is 5.20. The third-order valence-corrected chi connectivity index (χ3v) is 4.61.